The van der Waals surface area contributed by atoms with Gasteiger partial charge in [-0.05, 0) is 66.8 Å². The summed E-state index contributed by atoms with van der Waals surface area (Å²) >= 11 is 0. The molecule has 2 N–H and O–H groups in total. The van der Waals surface area contributed by atoms with Gasteiger partial charge < -0.3 is 10.3 Å². The minimum Gasteiger partial charge on any atom is -0.318 e. The number of allylic oxidation sites excluding steroid dienone is 1. The van der Waals surface area contributed by atoms with E-state index in [-0.39, 0.29) is 5.41 Å². The Morgan fingerprint density at radius 3 is 2.23 bits per heavy atom. The molecule has 0 unspecified atom stereocenters. The second kappa shape index (κ2) is 9.25. The molecular formula is C29H30N6. The molecule has 1 aliphatic rings. The van der Waals surface area contributed by atoms with E-state index in [1.807, 2.05) is 50.3 Å². The Balaban J connectivity index is 1.73. The number of hydrogen-bond acceptors (Lipinski definition) is 5. The number of para-hydroxylation sites is 1. The van der Waals surface area contributed by atoms with Crippen LogP contribution < -0.4 is 10.7 Å². The number of aryl methyl sites for hydroxylation is 1. The molecule has 3 aromatic rings. The van der Waals surface area contributed by atoms with Crippen LogP contribution in [0.5, 0.6) is 0 Å². The first kappa shape index (κ1) is 24.0. The van der Waals surface area contributed by atoms with Crippen LogP contribution in [0.4, 0.5) is 5.69 Å². The maximum Gasteiger partial charge on any atom is 0.127 e. The first-order valence-corrected chi connectivity index (χ1v) is 11.7. The predicted octanol–water partition coefficient (Wildman–Crippen LogP) is 5.60. The summed E-state index contributed by atoms with van der Waals surface area (Å²) in [6.45, 7) is 10.7. The van der Waals surface area contributed by atoms with Crippen molar-refractivity contribution in [2.45, 2.75) is 46.2 Å². The van der Waals surface area contributed by atoms with Crippen LogP contribution in [0.1, 0.15) is 43.3 Å². The second-order valence-corrected chi connectivity index (χ2v) is 9.89. The normalized spacial score (nSPS) is 18.2. The van der Waals surface area contributed by atoms with E-state index in [1.165, 1.54) is 5.56 Å². The van der Waals surface area contributed by atoms with E-state index in [4.69, 9.17) is 5.73 Å². The molecule has 0 spiro atoms. The van der Waals surface area contributed by atoms with E-state index < -0.39 is 12.1 Å². The highest BCUT2D eigenvalue weighted by Crippen LogP contribution is 2.30. The third-order valence-electron chi connectivity index (χ3n) is 6.45. The molecular weight excluding hydrogens is 432 g/mol. The van der Waals surface area contributed by atoms with Crippen molar-refractivity contribution in [3.8, 4) is 17.8 Å². The highest BCUT2D eigenvalue weighted by atomic mass is 15.5. The molecule has 6 nitrogen and oxygen atoms in total. The molecule has 2 aromatic carbocycles. The second-order valence-electron chi connectivity index (χ2n) is 9.89. The number of benzene rings is 2. The summed E-state index contributed by atoms with van der Waals surface area (Å²) in [4.78, 5) is 0. The molecule has 0 aliphatic carbocycles. The van der Waals surface area contributed by atoms with E-state index in [1.54, 1.807) is 5.01 Å². The summed E-state index contributed by atoms with van der Waals surface area (Å²) in [5.41, 5.74) is 13.3. The van der Waals surface area contributed by atoms with Crippen LogP contribution in [0.3, 0.4) is 0 Å². The van der Waals surface area contributed by atoms with Gasteiger partial charge in [-0.3, -0.25) is 0 Å². The molecule has 0 radical (unpaired) electrons. The zero-order valence-corrected chi connectivity index (χ0v) is 20.8. The van der Waals surface area contributed by atoms with E-state index in [9.17, 15) is 10.5 Å². The SMILES string of the molecule is Cc1cc(/C=C(/C#N)C2=NN(c3ccccc3)[C@H](N)[C@@H]2C#N)c(C)n1-c1ccc(C(C)(C)C)cc1. The Labute approximate surface area is 207 Å². The van der Waals surface area contributed by atoms with Gasteiger partial charge in [0.15, 0.2) is 0 Å². The van der Waals surface area contributed by atoms with Gasteiger partial charge in [-0.25, -0.2) is 5.01 Å². The Kier molecular flexibility index (Phi) is 6.35. The van der Waals surface area contributed by atoms with Gasteiger partial charge in [-0.15, -0.1) is 0 Å². The monoisotopic (exact) mass is 462 g/mol. The standard InChI is InChI=1S/C29H30N6/c1-19-15-21(20(2)34(19)24-13-11-23(12-14-24)29(3,4)5)16-22(17-30)27-26(18-31)28(32)35(33-27)25-9-7-6-8-10-25/h6-16,26,28H,32H2,1-5H3/b22-16-/t26-,28+/m1/s1. The number of hydrogen-bond donors (Lipinski definition) is 1. The maximum atomic E-state index is 10.0. The lowest BCUT2D eigenvalue weighted by Gasteiger charge is -2.21. The van der Waals surface area contributed by atoms with E-state index >= 15 is 0 Å². The third kappa shape index (κ3) is 4.49. The number of anilines is 1. The van der Waals surface area contributed by atoms with Crippen molar-refractivity contribution >= 4 is 17.5 Å². The zero-order valence-electron chi connectivity index (χ0n) is 20.8. The number of rotatable bonds is 4. The molecule has 0 amide bonds. The molecule has 0 saturated carbocycles. The van der Waals surface area contributed by atoms with Crippen molar-refractivity contribution in [2.24, 2.45) is 16.8 Å². The Morgan fingerprint density at radius 2 is 1.66 bits per heavy atom. The fourth-order valence-electron chi connectivity index (χ4n) is 4.48. The molecule has 1 aromatic heterocycles. The van der Waals surface area contributed by atoms with Gasteiger partial charge in [0.2, 0.25) is 0 Å². The van der Waals surface area contributed by atoms with Crippen molar-refractivity contribution in [1.82, 2.24) is 4.57 Å². The number of nitriles is 2. The average molecular weight is 463 g/mol. The lowest BCUT2D eigenvalue weighted by Crippen LogP contribution is -2.40. The largest absolute Gasteiger partial charge is 0.318 e. The molecule has 0 bridgehead atoms. The number of nitrogens with zero attached hydrogens (tertiary/aromatic N) is 5. The minimum absolute atomic E-state index is 0.0860. The van der Waals surface area contributed by atoms with Crippen LogP contribution in [0, 0.1) is 42.4 Å². The molecule has 4 rings (SSSR count). The number of aromatic nitrogens is 1. The fraction of sp³-hybridized carbons (Fsp3) is 0.276. The fourth-order valence-corrected chi connectivity index (χ4v) is 4.48. The molecule has 176 valence electrons. The van der Waals surface area contributed by atoms with Gasteiger partial charge in [-0.2, -0.15) is 15.6 Å². The van der Waals surface area contributed by atoms with Crippen molar-refractivity contribution in [3.63, 3.8) is 0 Å². The minimum atomic E-state index is -0.713. The molecule has 0 fully saturated rings. The van der Waals surface area contributed by atoms with Crippen LogP contribution in [0.2, 0.25) is 0 Å². The predicted molar refractivity (Wildman–Crippen MR) is 141 cm³/mol. The van der Waals surface area contributed by atoms with Gasteiger partial charge in [0, 0.05) is 17.1 Å². The Bertz CT molecular complexity index is 1370. The molecule has 0 saturated heterocycles. The van der Waals surface area contributed by atoms with Gasteiger partial charge >= 0.3 is 0 Å². The topological polar surface area (TPSA) is 94.1 Å². The third-order valence-corrected chi connectivity index (χ3v) is 6.45. The van der Waals surface area contributed by atoms with Crippen LogP contribution in [0.15, 0.2) is 71.3 Å². The van der Waals surface area contributed by atoms with Gasteiger partial charge in [0.25, 0.3) is 0 Å². The molecule has 1 aliphatic heterocycles. The van der Waals surface area contributed by atoms with E-state index in [0.717, 1.165) is 28.3 Å². The Hall–Kier alpha value is -4.13. The quantitative estimate of drug-likeness (QED) is 0.511. The van der Waals surface area contributed by atoms with E-state index in [2.05, 4.69) is 72.9 Å². The van der Waals surface area contributed by atoms with Crippen molar-refractivity contribution in [1.29, 1.82) is 10.5 Å². The first-order valence-electron chi connectivity index (χ1n) is 11.7. The highest BCUT2D eigenvalue weighted by molar-refractivity contribution is 6.11. The summed E-state index contributed by atoms with van der Waals surface area (Å²) in [6.07, 6.45) is 1.15. The number of hydrazone groups is 1. The first-order chi connectivity index (χ1) is 16.7. The van der Waals surface area contributed by atoms with Crippen molar-refractivity contribution in [2.75, 3.05) is 5.01 Å². The lowest BCUT2D eigenvalue weighted by atomic mass is 9.87. The maximum absolute atomic E-state index is 10.0. The van der Waals surface area contributed by atoms with Crippen LogP contribution in [-0.2, 0) is 5.41 Å². The average Bonchev–Trinajstić information content (AvgIpc) is 3.32. The smallest absolute Gasteiger partial charge is 0.127 e. The van der Waals surface area contributed by atoms with Crippen molar-refractivity contribution < 1.29 is 0 Å². The molecule has 6 heteroatoms. The lowest BCUT2D eigenvalue weighted by molar-refractivity contribution is 0.590. The summed E-state index contributed by atoms with van der Waals surface area (Å²) in [5, 5.41) is 26.1. The summed E-state index contributed by atoms with van der Waals surface area (Å²) in [7, 11) is 0. The molecule has 35 heavy (non-hydrogen) atoms. The molecule has 2 atom stereocenters. The molecule has 2 heterocycles. The van der Waals surface area contributed by atoms with Crippen molar-refractivity contribution in [3.05, 3.63) is 88.8 Å². The van der Waals surface area contributed by atoms with Gasteiger partial charge in [0.05, 0.1) is 23.0 Å². The number of nitrogens with two attached hydrogens (primary N) is 1. The summed E-state index contributed by atoms with van der Waals surface area (Å²) in [5.74, 6) is -0.713. The van der Waals surface area contributed by atoms with Crippen LogP contribution in [0.25, 0.3) is 11.8 Å². The Morgan fingerprint density at radius 1 is 1.00 bits per heavy atom. The summed E-state index contributed by atoms with van der Waals surface area (Å²) in [6, 6.07) is 24.6. The highest BCUT2D eigenvalue weighted by Gasteiger charge is 2.37. The van der Waals surface area contributed by atoms with E-state index in [0.29, 0.717) is 11.3 Å². The van der Waals surface area contributed by atoms with Gasteiger partial charge in [0.1, 0.15) is 18.2 Å². The van der Waals surface area contributed by atoms with Crippen LogP contribution >= 0.6 is 0 Å². The zero-order chi connectivity index (χ0) is 25.3. The van der Waals surface area contributed by atoms with Gasteiger partial charge in [-0.1, -0.05) is 51.1 Å². The summed E-state index contributed by atoms with van der Waals surface area (Å²) < 4.78 is 2.17. The van der Waals surface area contributed by atoms with Crippen LogP contribution in [-0.4, -0.2) is 16.4 Å².